The molecular weight excluding hydrogens is 542 g/mol. The van der Waals surface area contributed by atoms with Crippen LogP contribution in [0.15, 0.2) is 188 Å². The first kappa shape index (κ1) is 28.4. The first-order valence-corrected chi connectivity index (χ1v) is 15.8. The molecule has 0 aliphatic heterocycles. The maximum Gasteiger partial charge on any atom is 0.0514 e. The van der Waals surface area contributed by atoms with E-state index in [2.05, 4.69) is 200 Å². The van der Waals surface area contributed by atoms with Crippen LogP contribution in [0.3, 0.4) is 0 Å². The van der Waals surface area contributed by atoms with Crippen molar-refractivity contribution in [1.29, 1.82) is 0 Å². The van der Waals surface area contributed by atoms with Gasteiger partial charge in [0.1, 0.15) is 0 Å². The van der Waals surface area contributed by atoms with Crippen LogP contribution >= 0.6 is 0 Å². The van der Waals surface area contributed by atoms with Crippen LogP contribution in [0.5, 0.6) is 0 Å². The summed E-state index contributed by atoms with van der Waals surface area (Å²) in [5.74, 6) is 0.213. The van der Waals surface area contributed by atoms with Crippen molar-refractivity contribution in [3.05, 3.63) is 210 Å². The van der Waals surface area contributed by atoms with Crippen molar-refractivity contribution in [2.45, 2.75) is 18.8 Å². The minimum Gasteiger partial charge on any atom is -0.311 e. The summed E-state index contributed by atoms with van der Waals surface area (Å²) in [6.45, 7) is 2.36. The van der Waals surface area contributed by atoms with Crippen LogP contribution in [0.1, 0.15) is 29.2 Å². The van der Waals surface area contributed by atoms with E-state index < -0.39 is 0 Å². The van der Waals surface area contributed by atoms with Crippen molar-refractivity contribution in [3.63, 3.8) is 0 Å². The van der Waals surface area contributed by atoms with Gasteiger partial charge in [0.2, 0.25) is 0 Å². The van der Waals surface area contributed by atoms with E-state index in [1.165, 1.54) is 33.4 Å². The number of hydrogen-bond acceptors (Lipinski definition) is 1. The molecule has 0 saturated heterocycles. The molecule has 45 heavy (non-hydrogen) atoms. The van der Waals surface area contributed by atoms with Gasteiger partial charge in [0.15, 0.2) is 0 Å². The lowest BCUT2D eigenvalue weighted by atomic mass is 9.61. The number of anilines is 3. The lowest BCUT2D eigenvalue weighted by Crippen LogP contribution is -2.36. The molecule has 0 bridgehead atoms. The summed E-state index contributed by atoms with van der Waals surface area (Å²) in [4.78, 5) is 2.35. The zero-order valence-corrected chi connectivity index (χ0v) is 25.6. The molecule has 2 atom stereocenters. The van der Waals surface area contributed by atoms with Gasteiger partial charge in [0.25, 0.3) is 0 Å². The Morgan fingerprint density at radius 1 is 0.489 bits per heavy atom. The van der Waals surface area contributed by atoms with Gasteiger partial charge in [-0.05, 0) is 82.1 Å². The Bertz CT molecular complexity index is 1900. The topological polar surface area (TPSA) is 3.24 Å². The standard InChI is InChI=1S/C44H37N/c1-34-16-6-2-9-19-37-20-14-15-25-43(37)44(34,38-21-10-4-11-22-38)39-28-32-42(33-29-39)45(40-23-12-5-13-24-40)41-30-26-36(27-31-41)35-17-7-3-8-18-35/h2-18,20-34H,19H2,1H3/b9-2-,16-6-. The second kappa shape index (κ2) is 12.7. The molecule has 1 aliphatic rings. The quantitative estimate of drug-likeness (QED) is 0.190. The normalized spacial score (nSPS) is 18.9. The van der Waals surface area contributed by atoms with E-state index in [0.717, 1.165) is 23.5 Å². The molecule has 0 saturated carbocycles. The largest absolute Gasteiger partial charge is 0.311 e. The summed E-state index contributed by atoms with van der Waals surface area (Å²) < 4.78 is 0. The van der Waals surface area contributed by atoms with Crippen LogP contribution < -0.4 is 4.90 Å². The average Bonchev–Trinajstić information content (AvgIpc) is 3.18. The molecule has 1 nitrogen and oxygen atoms in total. The Labute approximate surface area is 267 Å². The molecule has 0 heterocycles. The fourth-order valence-corrected chi connectivity index (χ4v) is 7.01. The van der Waals surface area contributed by atoms with Gasteiger partial charge in [-0.2, -0.15) is 0 Å². The Hall–Kier alpha value is -5.40. The van der Waals surface area contributed by atoms with Crippen molar-refractivity contribution in [3.8, 4) is 11.1 Å². The number of benzene rings is 6. The number of nitrogens with zero attached hydrogens (tertiary/aromatic N) is 1. The Balaban J connectivity index is 1.37. The minimum atomic E-state index is -0.353. The zero-order chi connectivity index (χ0) is 30.5. The Kier molecular flexibility index (Phi) is 8.00. The van der Waals surface area contributed by atoms with Gasteiger partial charge in [-0.25, -0.2) is 0 Å². The Morgan fingerprint density at radius 2 is 1.00 bits per heavy atom. The van der Waals surface area contributed by atoms with Gasteiger partial charge in [-0.3, -0.25) is 0 Å². The highest BCUT2D eigenvalue weighted by Gasteiger charge is 2.42. The van der Waals surface area contributed by atoms with Crippen molar-refractivity contribution < 1.29 is 0 Å². The van der Waals surface area contributed by atoms with Crippen LogP contribution in [-0.2, 0) is 11.8 Å². The van der Waals surface area contributed by atoms with Crippen molar-refractivity contribution >= 4 is 17.1 Å². The molecule has 0 radical (unpaired) electrons. The molecule has 6 aromatic carbocycles. The third kappa shape index (κ3) is 5.43. The van der Waals surface area contributed by atoms with Crippen LogP contribution in [0, 0.1) is 5.92 Å². The van der Waals surface area contributed by atoms with E-state index >= 15 is 0 Å². The van der Waals surface area contributed by atoms with Crippen molar-refractivity contribution in [2.24, 2.45) is 5.92 Å². The predicted octanol–water partition coefficient (Wildman–Crippen LogP) is 11.5. The number of rotatable bonds is 6. The maximum atomic E-state index is 2.37. The molecule has 0 amide bonds. The predicted molar refractivity (Wildman–Crippen MR) is 190 cm³/mol. The van der Waals surface area contributed by atoms with E-state index in [9.17, 15) is 0 Å². The van der Waals surface area contributed by atoms with E-state index in [0.29, 0.717) is 0 Å². The van der Waals surface area contributed by atoms with E-state index in [1.807, 2.05) is 0 Å². The zero-order valence-electron chi connectivity index (χ0n) is 25.6. The van der Waals surface area contributed by atoms with Gasteiger partial charge < -0.3 is 4.90 Å². The molecule has 7 rings (SSSR count). The maximum absolute atomic E-state index is 2.37. The second-order valence-corrected chi connectivity index (χ2v) is 11.8. The number of para-hydroxylation sites is 1. The van der Waals surface area contributed by atoms with Crippen molar-refractivity contribution in [2.75, 3.05) is 4.90 Å². The van der Waals surface area contributed by atoms with Crippen LogP contribution in [0.4, 0.5) is 17.1 Å². The first-order chi connectivity index (χ1) is 22.2. The Morgan fingerprint density at radius 3 is 1.69 bits per heavy atom. The fraction of sp³-hybridized carbons (Fsp3) is 0.0909. The summed E-state index contributed by atoms with van der Waals surface area (Å²) in [6, 6.07) is 59.4. The fourth-order valence-electron chi connectivity index (χ4n) is 7.01. The molecule has 0 N–H and O–H groups in total. The monoisotopic (exact) mass is 579 g/mol. The third-order valence-corrected chi connectivity index (χ3v) is 9.17. The molecule has 6 aromatic rings. The van der Waals surface area contributed by atoms with Gasteiger partial charge in [-0.1, -0.05) is 159 Å². The smallest absolute Gasteiger partial charge is 0.0514 e. The minimum absolute atomic E-state index is 0.213. The van der Waals surface area contributed by atoms with Crippen LogP contribution in [0.2, 0.25) is 0 Å². The lowest BCUT2D eigenvalue weighted by molar-refractivity contribution is 0.479. The highest BCUT2D eigenvalue weighted by molar-refractivity contribution is 5.78. The van der Waals surface area contributed by atoms with Crippen LogP contribution in [-0.4, -0.2) is 0 Å². The summed E-state index contributed by atoms with van der Waals surface area (Å²) in [7, 11) is 0. The molecule has 0 spiro atoms. The lowest BCUT2D eigenvalue weighted by Gasteiger charge is -2.41. The second-order valence-electron chi connectivity index (χ2n) is 11.8. The molecular formula is C44H37N. The molecule has 0 aromatic heterocycles. The molecule has 1 heteroatoms. The van der Waals surface area contributed by atoms with E-state index in [4.69, 9.17) is 0 Å². The molecule has 2 unspecified atom stereocenters. The van der Waals surface area contributed by atoms with E-state index in [1.54, 1.807) is 0 Å². The summed E-state index contributed by atoms with van der Waals surface area (Å²) >= 11 is 0. The summed E-state index contributed by atoms with van der Waals surface area (Å²) in [6.07, 6.45) is 9.95. The van der Waals surface area contributed by atoms with Gasteiger partial charge in [0, 0.05) is 17.1 Å². The van der Waals surface area contributed by atoms with Crippen molar-refractivity contribution in [1.82, 2.24) is 0 Å². The van der Waals surface area contributed by atoms with Gasteiger partial charge in [0.05, 0.1) is 5.41 Å². The average molecular weight is 580 g/mol. The molecule has 218 valence electrons. The summed E-state index contributed by atoms with van der Waals surface area (Å²) in [5, 5.41) is 0. The van der Waals surface area contributed by atoms with Crippen LogP contribution in [0.25, 0.3) is 11.1 Å². The first-order valence-electron chi connectivity index (χ1n) is 15.8. The summed E-state index contributed by atoms with van der Waals surface area (Å²) in [5.41, 5.74) is 10.8. The van der Waals surface area contributed by atoms with E-state index in [-0.39, 0.29) is 11.3 Å². The van der Waals surface area contributed by atoms with Gasteiger partial charge in [-0.15, -0.1) is 0 Å². The number of hydrogen-bond donors (Lipinski definition) is 0. The van der Waals surface area contributed by atoms with Gasteiger partial charge >= 0.3 is 0 Å². The molecule has 1 aliphatic carbocycles. The highest BCUT2D eigenvalue weighted by Crippen LogP contribution is 2.48. The third-order valence-electron chi connectivity index (χ3n) is 9.17. The number of fused-ring (bicyclic) bond motifs is 1. The molecule has 0 fully saturated rings. The number of allylic oxidation sites excluding steroid dienone is 4. The SMILES string of the molecule is CC1/C=C\C=C/Cc2ccccc2C1(c1ccccc1)c1ccc(N(c2ccccc2)c2ccc(-c3ccccc3)cc2)cc1. The highest BCUT2D eigenvalue weighted by atomic mass is 15.1.